The van der Waals surface area contributed by atoms with E-state index in [1.54, 1.807) is 12.1 Å². The lowest BCUT2D eigenvalue weighted by atomic mass is 9.96. The third-order valence-corrected chi connectivity index (χ3v) is 4.17. The predicted octanol–water partition coefficient (Wildman–Crippen LogP) is 1.83. The van der Waals surface area contributed by atoms with Crippen molar-refractivity contribution in [1.82, 2.24) is 4.90 Å². The van der Waals surface area contributed by atoms with Crippen molar-refractivity contribution in [3.8, 4) is 5.75 Å². The molecule has 1 aromatic carbocycles. The van der Waals surface area contributed by atoms with Crippen molar-refractivity contribution in [2.75, 3.05) is 19.6 Å². The first kappa shape index (κ1) is 12.9. The highest BCUT2D eigenvalue weighted by Gasteiger charge is 2.29. The van der Waals surface area contributed by atoms with E-state index >= 15 is 0 Å². The highest BCUT2D eigenvalue weighted by atomic mass is 19.1. The van der Waals surface area contributed by atoms with Gasteiger partial charge in [-0.15, -0.1) is 0 Å². The van der Waals surface area contributed by atoms with Crippen LogP contribution in [-0.4, -0.2) is 41.8 Å². The summed E-state index contributed by atoms with van der Waals surface area (Å²) in [5, 5.41) is 9.73. The van der Waals surface area contributed by atoms with Gasteiger partial charge in [-0.1, -0.05) is 6.92 Å². The Kier molecular flexibility index (Phi) is 3.46. The fourth-order valence-electron chi connectivity index (χ4n) is 3.06. The number of aliphatic hydroxyl groups is 1. The van der Waals surface area contributed by atoms with Crippen molar-refractivity contribution in [1.29, 1.82) is 0 Å². The van der Waals surface area contributed by atoms with E-state index in [2.05, 4.69) is 11.8 Å². The maximum absolute atomic E-state index is 13.1. The molecule has 3 atom stereocenters. The number of piperidine rings is 1. The van der Waals surface area contributed by atoms with E-state index in [9.17, 15) is 9.50 Å². The van der Waals surface area contributed by atoms with Crippen LogP contribution >= 0.6 is 0 Å². The summed E-state index contributed by atoms with van der Waals surface area (Å²) in [4.78, 5) is 2.34. The van der Waals surface area contributed by atoms with Gasteiger partial charge in [-0.2, -0.15) is 0 Å². The molecule has 4 heteroatoms. The summed E-state index contributed by atoms with van der Waals surface area (Å²) in [5.74, 6) is 0.934. The highest BCUT2D eigenvalue weighted by Crippen LogP contribution is 2.30. The summed E-state index contributed by atoms with van der Waals surface area (Å²) in [7, 11) is 0. The van der Waals surface area contributed by atoms with E-state index < -0.39 is 0 Å². The number of halogens is 1. The molecule has 3 nitrogen and oxygen atoms in total. The van der Waals surface area contributed by atoms with Crippen molar-refractivity contribution < 1.29 is 14.2 Å². The van der Waals surface area contributed by atoms with Crippen LogP contribution in [0.25, 0.3) is 0 Å². The first-order valence-electron chi connectivity index (χ1n) is 6.97. The number of aliphatic hydroxyl groups excluding tert-OH is 1. The zero-order chi connectivity index (χ0) is 13.4. The smallest absolute Gasteiger partial charge is 0.123 e. The molecule has 104 valence electrons. The second kappa shape index (κ2) is 5.10. The zero-order valence-corrected chi connectivity index (χ0v) is 11.2. The van der Waals surface area contributed by atoms with Gasteiger partial charge in [-0.05, 0) is 30.5 Å². The van der Waals surface area contributed by atoms with Gasteiger partial charge in [0.15, 0.2) is 0 Å². The van der Waals surface area contributed by atoms with Crippen LogP contribution in [0.15, 0.2) is 18.2 Å². The van der Waals surface area contributed by atoms with Gasteiger partial charge >= 0.3 is 0 Å². The van der Waals surface area contributed by atoms with E-state index in [0.29, 0.717) is 5.92 Å². The average Bonchev–Trinajstić information content (AvgIpc) is 2.75. The van der Waals surface area contributed by atoms with Crippen molar-refractivity contribution in [3.63, 3.8) is 0 Å². The molecule has 0 saturated carbocycles. The normalized spacial score (nSPS) is 31.0. The quantitative estimate of drug-likeness (QED) is 0.885. The maximum atomic E-state index is 13.1. The molecule has 1 aromatic rings. The predicted molar refractivity (Wildman–Crippen MR) is 70.7 cm³/mol. The minimum atomic E-state index is -0.197. The molecule has 2 aliphatic rings. The number of fused-ring (bicyclic) bond motifs is 1. The van der Waals surface area contributed by atoms with Crippen LogP contribution in [-0.2, 0) is 6.42 Å². The van der Waals surface area contributed by atoms with Gasteiger partial charge in [0.1, 0.15) is 17.7 Å². The Morgan fingerprint density at radius 1 is 1.47 bits per heavy atom. The van der Waals surface area contributed by atoms with Gasteiger partial charge in [-0.25, -0.2) is 4.39 Å². The molecular formula is C15H20FNO2. The fourth-order valence-corrected chi connectivity index (χ4v) is 3.06. The Balaban J connectivity index is 1.59. The van der Waals surface area contributed by atoms with E-state index in [-0.39, 0.29) is 18.0 Å². The minimum absolute atomic E-state index is 0.110. The first-order chi connectivity index (χ1) is 9.11. The lowest BCUT2D eigenvalue weighted by Crippen LogP contribution is -2.45. The van der Waals surface area contributed by atoms with Gasteiger partial charge < -0.3 is 9.84 Å². The number of hydrogen-bond acceptors (Lipinski definition) is 3. The molecule has 19 heavy (non-hydrogen) atoms. The van der Waals surface area contributed by atoms with Crippen molar-refractivity contribution in [2.24, 2.45) is 5.92 Å². The number of nitrogens with zero attached hydrogens (tertiary/aromatic N) is 1. The molecule has 0 aliphatic carbocycles. The van der Waals surface area contributed by atoms with Gasteiger partial charge in [0.05, 0.1) is 6.10 Å². The van der Waals surface area contributed by atoms with Crippen LogP contribution in [0.4, 0.5) is 4.39 Å². The van der Waals surface area contributed by atoms with Crippen LogP contribution in [0.5, 0.6) is 5.75 Å². The van der Waals surface area contributed by atoms with E-state index in [1.807, 2.05) is 0 Å². The maximum Gasteiger partial charge on any atom is 0.123 e. The van der Waals surface area contributed by atoms with Crippen LogP contribution in [0.3, 0.4) is 0 Å². The molecule has 1 fully saturated rings. The molecule has 3 unspecified atom stereocenters. The highest BCUT2D eigenvalue weighted by molar-refractivity contribution is 5.37. The third kappa shape index (κ3) is 2.74. The topological polar surface area (TPSA) is 32.7 Å². The molecule has 2 aliphatic heterocycles. The van der Waals surface area contributed by atoms with E-state index in [0.717, 1.165) is 43.8 Å². The summed E-state index contributed by atoms with van der Waals surface area (Å²) in [6.07, 6.45) is 1.54. The molecule has 0 spiro atoms. The Labute approximate surface area is 113 Å². The van der Waals surface area contributed by atoms with Gasteiger partial charge in [0, 0.05) is 31.6 Å². The van der Waals surface area contributed by atoms with Gasteiger partial charge in [0.25, 0.3) is 0 Å². The lowest BCUT2D eigenvalue weighted by molar-refractivity contribution is 0.0218. The molecule has 1 saturated heterocycles. The van der Waals surface area contributed by atoms with Crippen molar-refractivity contribution in [2.45, 2.75) is 32.0 Å². The number of ether oxygens (including phenoxy) is 1. The second-order valence-electron chi connectivity index (χ2n) is 5.79. The molecule has 2 heterocycles. The molecule has 0 aromatic heterocycles. The largest absolute Gasteiger partial charge is 0.488 e. The standard InChI is InChI=1S/C15H20FNO2/c1-10-8-17(5-4-14(10)18)9-13-7-11-6-12(16)2-3-15(11)19-13/h2-3,6,10,13-14,18H,4-5,7-9H2,1H3. The molecule has 1 N–H and O–H groups in total. The molecule has 0 amide bonds. The molecular weight excluding hydrogens is 245 g/mol. The summed E-state index contributed by atoms with van der Waals surface area (Å²) >= 11 is 0. The van der Waals surface area contributed by atoms with Gasteiger partial charge in [-0.3, -0.25) is 4.90 Å². The van der Waals surface area contributed by atoms with Crippen LogP contribution in [0, 0.1) is 11.7 Å². The second-order valence-corrected chi connectivity index (χ2v) is 5.79. The van der Waals surface area contributed by atoms with Gasteiger partial charge in [0.2, 0.25) is 0 Å². The monoisotopic (exact) mass is 265 g/mol. The van der Waals surface area contributed by atoms with Crippen LogP contribution in [0.2, 0.25) is 0 Å². The van der Waals surface area contributed by atoms with E-state index in [4.69, 9.17) is 4.74 Å². The summed E-state index contributed by atoms with van der Waals surface area (Å²) in [6.45, 7) is 4.76. The lowest BCUT2D eigenvalue weighted by Gasteiger charge is -2.35. The Morgan fingerprint density at radius 3 is 3.11 bits per heavy atom. The molecule has 0 radical (unpaired) electrons. The SMILES string of the molecule is CC1CN(CC2Cc3cc(F)ccc3O2)CCC1O. The van der Waals surface area contributed by atoms with Crippen molar-refractivity contribution >= 4 is 0 Å². The van der Waals surface area contributed by atoms with Crippen molar-refractivity contribution in [3.05, 3.63) is 29.6 Å². The first-order valence-corrected chi connectivity index (χ1v) is 6.97. The Hall–Kier alpha value is -1.13. The summed E-state index contributed by atoms with van der Waals surface area (Å²) < 4.78 is 19.0. The van der Waals surface area contributed by atoms with E-state index in [1.165, 1.54) is 6.07 Å². The average molecular weight is 265 g/mol. The summed E-state index contributed by atoms with van der Waals surface area (Å²) in [5.41, 5.74) is 0.968. The number of likely N-dealkylation sites (tertiary alicyclic amines) is 1. The third-order valence-electron chi connectivity index (χ3n) is 4.17. The fraction of sp³-hybridized carbons (Fsp3) is 0.600. The number of hydrogen-bond donors (Lipinski definition) is 1. The van der Waals surface area contributed by atoms with Crippen LogP contribution < -0.4 is 4.74 Å². The Bertz CT molecular complexity index is 465. The Morgan fingerprint density at radius 2 is 2.32 bits per heavy atom. The number of rotatable bonds is 2. The van der Waals surface area contributed by atoms with Crippen LogP contribution in [0.1, 0.15) is 18.9 Å². The summed E-state index contributed by atoms with van der Waals surface area (Å²) in [6, 6.07) is 4.73. The zero-order valence-electron chi connectivity index (χ0n) is 11.2. The molecule has 3 rings (SSSR count). The molecule has 0 bridgehead atoms. The number of benzene rings is 1. The minimum Gasteiger partial charge on any atom is -0.488 e.